The minimum atomic E-state index is -0.716. The molecule has 0 bridgehead atoms. The summed E-state index contributed by atoms with van der Waals surface area (Å²) in [4.78, 5) is 12.2. The third-order valence-corrected chi connectivity index (χ3v) is 3.53. The highest BCUT2D eigenvalue weighted by Crippen LogP contribution is 2.45. The molecule has 0 spiro atoms. The number of rotatable bonds is 1. The van der Waals surface area contributed by atoms with Crippen LogP contribution >= 0.6 is 0 Å². The van der Waals surface area contributed by atoms with Crippen LogP contribution in [0.5, 0.6) is 23.0 Å². The molecular weight excluding hydrogens is 288 g/mol. The van der Waals surface area contributed by atoms with Crippen LogP contribution < -0.4 is 15.1 Å². The summed E-state index contributed by atoms with van der Waals surface area (Å²) in [7, 11) is 0. The van der Waals surface area contributed by atoms with Crippen molar-refractivity contribution in [1.29, 1.82) is 0 Å². The molecule has 1 aliphatic rings. The summed E-state index contributed by atoms with van der Waals surface area (Å²) < 4.78 is 15.6. The summed E-state index contributed by atoms with van der Waals surface area (Å²) in [6.45, 7) is -0.0170. The van der Waals surface area contributed by atoms with Crippen LogP contribution in [0, 0.1) is 0 Å². The molecule has 0 fully saturated rings. The zero-order chi connectivity index (χ0) is 15.3. The number of ether oxygens (including phenoxy) is 2. The first-order valence-corrected chi connectivity index (χ1v) is 6.53. The standard InChI is InChI=1S/C16H10O6/c17-10-4-2-1-3-9(10)11-5-8-6-12-15(21-7-20-12)14(18)13(8)16(19)22-11/h1-6,17-18H,7H2. The van der Waals surface area contributed by atoms with Crippen molar-refractivity contribution >= 4 is 10.8 Å². The second-order valence-corrected chi connectivity index (χ2v) is 4.84. The smallest absolute Gasteiger partial charge is 0.348 e. The minimum Gasteiger partial charge on any atom is -0.507 e. The van der Waals surface area contributed by atoms with E-state index in [1.807, 2.05) is 0 Å². The maximum absolute atomic E-state index is 12.2. The fraction of sp³-hybridized carbons (Fsp3) is 0.0625. The van der Waals surface area contributed by atoms with E-state index < -0.39 is 5.63 Å². The lowest BCUT2D eigenvalue weighted by molar-refractivity contribution is 0.171. The maximum atomic E-state index is 12.2. The van der Waals surface area contributed by atoms with E-state index in [-0.39, 0.29) is 35.2 Å². The van der Waals surface area contributed by atoms with E-state index >= 15 is 0 Å². The van der Waals surface area contributed by atoms with Gasteiger partial charge in [0, 0.05) is 5.39 Å². The average Bonchev–Trinajstić information content (AvgIpc) is 2.96. The summed E-state index contributed by atoms with van der Waals surface area (Å²) in [6.07, 6.45) is 0. The van der Waals surface area contributed by atoms with Crippen LogP contribution in [0.2, 0.25) is 0 Å². The van der Waals surface area contributed by atoms with Gasteiger partial charge in [-0.05, 0) is 24.3 Å². The minimum absolute atomic E-state index is 0.00466. The van der Waals surface area contributed by atoms with Crippen molar-refractivity contribution in [2.24, 2.45) is 0 Å². The molecule has 6 nitrogen and oxygen atoms in total. The van der Waals surface area contributed by atoms with Crippen molar-refractivity contribution in [2.75, 3.05) is 6.79 Å². The molecule has 0 radical (unpaired) electrons. The maximum Gasteiger partial charge on any atom is 0.348 e. The summed E-state index contributed by atoms with van der Waals surface area (Å²) in [5.41, 5.74) is -0.329. The lowest BCUT2D eigenvalue weighted by Crippen LogP contribution is -2.01. The van der Waals surface area contributed by atoms with Crippen molar-refractivity contribution in [3.8, 4) is 34.3 Å². The summed E-state index contributed by atoms with van der Waals surface area (Å²) in [5, 5.41) is 20.5. The second kappa shape index (κ2) is 4.42. The first-order valence-electron chi connectivity index (χ1n) is 6.53. The van der Waals surface area contributed by atoms with Gasteiger partial charge in [-0.2, -0.15) is 0 Å². The predicted molar refractivity (Wildman–Crippen MR) is 77.4 cm³/mol. The quantitative estimate of drug-likeness (QED) is 0.718. The Morgan fingerprint density at radius 3 is 2.68 bits per heavy atom. The number of benzene rings is 2. The van der Waals surface area contributed by atoms with Crippen LogP contribution in [0.3, 0.4) is 0 Å². The molecule has 22 heavy (non-hydrogen) atoms. The van der Waals surface area contributed by atoms with Gasteiger partial charge in [-0.15, -0.1) is 0 Å². The monoisotopic (exact) mass is 298 g/mol. The molecule has 2 heterocycles. The molecule has 0 amide bonds. The topological polar surface area (TPSA) is 89.1 Å². The molecule has 2 N–H and O–H groups in total. The van der Waals surface area contributed by atoms with Gasteiger partial charge < -0.3 is 24.1 Å². The van der Waals surface area contributed by atoms with Gasteiger partial charge in [0.25, 0.3) is 0 Å². The van der Waals surface area contributed by atoms with Crippen LogP contribution in [-0.2, 0) is 0 Å². The van der Waals surface area contributed by atoms with E-state index in [0.717, 1.165) is 0 Å². The Morgan fingerprint density at radius 2 is 1.86 bits per heavy atom. The highest BCUT2D eigenvalue weighted by atomic mass is 16.7. The van der Waals surface area contributed by atoms with Crippen molar-refractivity contribution < 1.29 is 24.1 Å². The number of fused-ring (bicyclic) bond motifs is 2. The van der Waals surface area contributed by atoms with E-state index in [1.165, 1.54) is 6.07 Å². The number of hydrogen-bond donors (Lipinski definition) is 2. The first-order chi connectivity index (χ1) is 10.6. The Bertz CT molecular complexity index is 957. The molecule has 110 valence electrons. The summed E-state index contributed by atoms with van der Waals surface area (Å²) in [6, 6.07) is 9.67. The van der Waals surface area contributed by atoms with Crippen molar-refractivity contribution in [2.45, 2.75) is 0 Å². The van der Waals surface area contributed by atoms with E-state index in [9.17, 15) is 15.0 Å². The SMILES string of the molecule is O=c1oc(-c2ccccc2O)cc2cc3c(c(O)c12)OCO3. The molecule has 0 unspecified atom stereocenters. The number of para-hydroxylation sites is 1. The molecule has 4 rings (SSSR count). The lowest BCUT2D eigenvalue weighted by Gasteiger charge is -2.07. The van der Waals surface area contributed by atoms with Gasteiger partial charge >= 0.3 is 5.63 Å². The van der Waals surface area contributed by atoms with Crippen LogP contribution in [0.15, 0.2) is 45.6 Å². The van der Waals surface area contributed by atoms with E-state index in [2.05, 4.69) is 0 Å². The molecule has 0 aliphatic carbocycles. The Kier molecular flexibility index (Phi) is 2.53. The van der Waals surface area contributed by atoms with Crippen LogP contribution in [0.1, 0.15) is 0 Å². The number of aromatic hydroxyl groups is 2. The predicted octanol–water partition coefficient (Wildman–Crippen LogP) is 2.60. The van der Waals surface area contributed by atoms with Gasteiger partial charge in [0.15, 0.2) is 11.5 Å². The van der Waals surface area contributed by atoms with Gasteiger partial charge in [0.1, 0.15) is 16.9 Å². The highest BCUT2D eigenvalue weighted by Gasteiger charge is 2.23. The van der Waals surface area contributed by atoms with E-state index in [4.69, 9.17) is 13.9 Å². The molecule has 2 aromatic carbocycles. The Hall–Kier alpha value is -3.15. The summed E-state index contributed by atoms with van der Waals surface area (Å²) in [5.74, 6) is 0.389. The number of phenols is 2. The van der Waals surface area contributed by atoms with Crippen molar-refractivity contribution in [3.05, 3.63) is 46.8 Å². The van der Waals surface area contributed by atoms with E-state index in [1.54, 1.807) is 30.3 Å². The fourth-order valence-corrected chi connectivity index (χ4v) is 2.51. The Morgan fingerprint density at radius 1 is 1.05 bits per heavy atom. The highest BCUT2D eigenvalue weighted by molar-refractivity contribution is 5.93. The third-order valence-electron chi connectivity index (χ3n) is 3.53. The average molecular weight is 298 g/mol. The molecule has 6 heteroatoms. The van der Waals surface area contributed by atoms with Crippen LogP contribution in [-0.4, -0.2) is 17.0 Å². The third kappa shape index (κ3) is 1.70. The van der Waals surface area contributed by atoms with Crippen LogP contribution in [0.4, 0.5) is 0 Å². The van der Waals surface area contributed by atoms with Gasteiger partial charge in [-0.25, -0.2) is 4.79 Å². The second-order valence-electron chi connectivity index (χ2n) is 4.84. The van der Waals surface area contributed by atoms with Crippen molar-refractivity contribution in [1.82, 2.24) is 0 Å². The summed E-state index contributed by atoms with van der Waals surface area (Å²) >= 11 is 0. The van der Waals surface area contributed by atoms with Gasteiger partial charge in [-0.3, -0.25) is 0 Å². The zero-order valence-corrected chi connectivity index (χ0v) is 11.2. The Balaban J connectivity index is 2.04. The normalized spacial score (nSPS) is 12.7. The molecular formula is C16H10O6. The number of hydrogen-bond acceptors (Lipinski definition) is 6. The van der Waals surface area contributed by atoms with Gasteiger partial charge in [0.2, 0.25) is 12.5 Å². The number of phenolic OH excluding ortho intramolecular Hbond substituents is 2. The lowest BCUT2D eigenvalue weighted by atomic mass is 10.1. The molecule has 0 saturated carbocycles. The molecule has 1 aliphatic heterocycles. The molecule has 0 atom stereocenters. The Labute approximate surface area is 123 Å². The fourth-order valence-electron chi connectivity index (χ4n) is 2.51. The van der Waals surface area contributed by atoms with Crippen LogP contribution in [0.25, 0.3) is 22.1 Å². The zero-order valence-electron chi connectivity index (χ0n) is 11.2. The van der Waals surface area contributed by atoms with Crippen molar-refractivity contribution in [3.63, 3.8) is 0 Å². The molecule has 3 aromatic rings. The molecule has 1 aromatic heterocycles. The van der Waals surface area contributed by atoms with Gasteiger partial charge in [0.05, 0.1) is 5.56 Å². The van der Waals surface area contributed by atoms with Gasteiger partial charge in [-0.1, -0.05) is 12.1 Å². The largest absolute Gasteiger partial charge is 0.507 e. The first kappa shape index (κ1) is 12.6. The molecule has 0 saturated heterocycles. The van der Waals surface area contributed by atoms with E-state index in [0.29, 0.717) is 16.7 Å².